The molecule has 4 heterocycles. The molecule has 10 heteroatoms. The molecule has 0 amide bonds. The van der Waals surface area contributed by atoms with Crippen LogP contribution < -0.4 is 10.1 Å². The van der Waals surface area contributed by atoms with Crippen molar-refractivity contribution in [3.63, 3.8) is 0 Å². The number of fused-ring (bicyclic) bond motifs is 1. The monoisotopic (exact) mass is 465 g/mol. The van der Waals surface area contributed by atoms with Gasteiger partial charge in [-0.15, -0.1) is 0 Å². The molecule has 1 aliphatic rings. The van der Waals surface area contributed by atoms with Crippen LogP contribution in [0.2, 0.25) is 0 Å². The molecule has 176 valence electrons. The fourth-order valence-corrected chi connectivity index (χ4v) is 4.10. The molecule has 1 fully saturated rings. The van der Waals surface area contributed by atoms with E-state index in [0.717, 1.165) is 37.6 Å². The van der Waals surface area contributed by atoms with Crippen LogP contribution in [-0.2, 0) is 0 Å². The molecular formula is C24H25F2N7O. The van der Waals surface area contributed by atoms with E-state index >= 15 is 0 Å². The molecule has 1 aliphatic heterocycles. The lowest BCUT2D eigenvalue weighted by atomic mass is 10.1. The second-order valence-corrected chi connectivity index (χ2v) is 8.52. The molecule has 34 heavy (non-hydrogen) atoms. The number of halogens is 2. The van der Waals surface area contributed by atoms with Crippen LogP contribution in [0.5, 0.6) is 6.01 Å². The number of rotatable bonds is 6. The summed E-state index contributed by atoms with van der Waals surface area (Å²) in [5.74, 6) is -0.782. The summed E-state index contributed by atoms with van der Waals surface area (Å²) >= 11 is 0. The van der Waals surface area contributed by atoms with Crippen molar-refractivity contribution in [2.45, 2.75) is 31.9 Å². The van der Waals surface area contributed by atoms with Crippen LogP contribution in [0.3, 0.4) is 0 Å². The van der Waals surface area contributed by atoms with Gasteiger partial charge in [-0.3, -0.25) is 0 Å². The summed E-state index contributed by atoms with van der Waals surface area (Å²) in [6.07, 6.45) is 6.95. The van der Waals surface area contributed by atoms with Crippen LogP contribution in [0, 0.1) is 11.6 Å². The number of hydrogen-bond donors (Lipinski definition) is 1. The molecule has 3 aromatic heterocycles. The molecule has 8 nitrogen and oxygen atoms in total. The zero-order chi connectivity index (χ0) is 23.7. The van der Waals surface area contributed by atoms with Crippen LogP contribution in [0.15, 0.2) is 48.9 Å². The van der Waals surface area contributed by atoms with Gasteiger partial charge in [-0.25, -0.2) is 18.3 Å². The number of nitrogens with zero attached hydrogens (tertiary/aromatic N) is 6. The Kier molecular flexibility index (Phi) is 6.06. The Morgan fingerprint density at radius 3 is 2.76 bits per heavy atom. The highest BCUT2D eigenvalue weighted by atomic mass is 19.1. The molecule has 0 saturated carbocycles. The first-order valence-electron chi connectivity index (χ1n) is 11.2. The summed E-state index contributed by atoms with van der Waals surface area (Å²) in [5.41, 5.74) is 2.29. The second kappa shape index (κ2) is 9.30. The number of hydrogen-bond acceptors (Lipinski definition) is 7. The van der Waals surface area contributed by atoms with Crippen LogP contribution >= 0.6 is 0 Å². The lowest BCUT2D eigenvalue weighted by Gasteiger charge is -2.28. The smallest absolute Gasteiger partial charge is 0.319 e. The third-order valence-corrected chi connectivity index (χ3v) is 5.99. The van der Waals surface area contributed by atoms with Crippen LogP contribution in [0.4, 0.5) is 14.6 Å². The fourth-order valence-electron chi connectivity index (χ4n) is 4.10. The van der Waals surface area contributed by atoms with E-state index in [1.807, 2.05) is 6.20 Å². The van der Waals surface area contributed by atoms with Crippen LogP contribution in [0.1, 0.15) is 31.4 Å². The Hall–Kier alpha value is -3.66. The molecule has 5 rings (SSSR count). The topological polar surface area (TPSA) is 80.5 Å². The average molecular weight is 466 g/mol. The minimum atomic E-state index is -0.621. The zero-order valence-electron chi connectivity index (χ0n) is 18.9. The van der Waals surface area contributed by atoms with Crippen molar-refractivity contribution in [2.24, 2.45) is 0 Å². The standard InChI is InChI=1S/C24H25F2N7O/c1-15(18-5-4-16(25)12-20(18)26)29-22-13-21(19-14-28-33-9-3-8-27-23(19)33)30-24(31-22)34-17-6-10-32(2)11-7-17/h3-5,8-9,12-15,17H,6-7,10-11H2,1-2H3,(H,29,30,31)/t15-/m0/s1. The summed E-state index contributed by atoms with van der Waals surface area (Å²) in [6.45, 7) is 3.66. The number of anilines is 1. The molecule has 1 atom stereocenters. The maximum Gasteiger partial charge on any atom is 0.319 e. The first-order chi connectivity index (χ1) is 16.5. The van der Waals surface area contributed by atoms with Gasteiger partial charge in [-0.1, -0.05) is 6.07 Å². The maximum absolute atomic E-state index is 14.3. The van der Waals surface area contributed by atoms with Crippen molar-refractivity contribution < 1.29 is 13.5 Å². The Bertz CT molecular complexity index is 1300. The predicted octanol–water partition coefficient (Wildman–Crippen LogP) is 4.11. The maximum atomic E-state index is 14.3. The van der Waals surface area contributed by atoms with Gasteiger partial charge in [0.1, 0.15) is 23.6 Å². The Morgan fingerprint density at radius 1 is 1.15 bits per heavy atom. The molecule has 4 aromatic rings. The summed E-state index contributed by atoms with van der Waals surface area (Å²) in [4.78, 5) is 15.9. The summed E-state index contributed by atoms with van der Waals surface area (Å²) in [6, 6.07) is 6.85. The van der Waals surface area contributed by atoms with Gasteiger partial charge < -0.3 is 15.0 Å². The highest BCUT2D eigenvalue weighted by molar-refractivity contribution is 5.75. The van der Waals surface area contributed by atoms with Gasteiger partial charge in [-0.2, -0.15) is 15.1 Å². The van der Waals surface area contributed by atoms with Gasteiger partial charge in [0, 0.05) is 43.2 Å². The molecule has 0 bridgehead atoms. The third kappa shape index (κ3) is 4.67. The van der Waals surface area contributed by atoms with Gasteiger partial charge in [-0.05, 0) is 38.9 Å². The van der Waals surface area contributed by atoms with Crippen molar-refractivity contribution in [3.05, 3.63) is 66.1 Å². The molecule has 0 aliphatic carbocycles. The van der Waals surface area contributed by atoms with Crippen LogP contribution in [0.25, 0.3) is 16.9 Å². The SMILES string of the molecule is C[C@H](Nc1cc(-c2cnn3cccnc23)nc(OC2CCN(C)CC2)n1)c1ccc(F)cc1F. The first-order valence-corrected chi connectivity index (χ1v) is 11.2. The lowest BCUT2D eigenvalue weighted by Crippen LogP contribution is -2.36. The molecule has 0 spiro atoms. The van der Waals surface area contributed by atoms with E-state index in [4.69, 9.17) is 4.74 Å². The Morgan fingerprint density at radius 2 is 1.97 bits per heavy atom. The molecule has 1 N–H and O–H groups in total. The number of aromatic nitrogens is 5. The van der Waals surface area contributed by atoms with E-state index < -0.39 is 17.7 Å². The van der Waals surface area contributed by atoms with E-state index in [9.17, 15) is 8.78 Å². The van der Waals surface area contributed by atoms with Gasteiger partial charge >= 0.3 is 6.01 Å². The number of ether oxygens (including phenoxy) is 1. The number of benzene rings is 1. The Labute approximate surface area is 195 Å². The van der Waals surface area contributed by atoms with Gasteiger partial charge in [0.25, 0.3) is 0 Å². The number of piperidine rings is 1. The summed E-state index contributed by atoms with van der Waals surface area (Å²) < 4.78 is 35.5. The highest BCUT2D eigenvalue weighted by Crippen LogP contribution is 2.29. The molecule has 1 aromatic carbocycles. The van der Waals surface area contributed by atoms with E-state index in [1.165, 1.54) is 12.1 Å². The van der Waals surface area contributed by atoms with Crippen molar-refractivity contribution >= 4 is 11.5 Å². The van der Waals surface area contributed by atoms with Gasteiger partial charge in [0.2, 0.25) is 0 Å². The average Bonchev–Trinajstić information content (AvgIpc) is 3.25. The zero-order valence-corrected chi connectivity index (χ0v) is 18.9. The molecule has 1 saturated heterocycles. The molecule has 0 radical (unpaired) electrons. The van der Waals surface area contributed by atoms with E-state index in [0.29, 0.717) is 22.7 Å². The first kappa shape index (κ1) is 22.1. The molecule has 0 unspecified atom stereocenters. The molecular weight excluding hydrogens is 440 g/mol. The minimum absolute atomic E-state index is 0.00768. The van der Waals surface area contributed by atoms with Crippen molar-refractivity contribution in [1.29, 1.82) is 0 Å². The second-order valence-electron chi connectivity index (χ2n) is 8.52. The number of nitrogens with one attached hydrogen (secondary N) is 1. The summed E-state index contributed by atoms with van der Waals surface area (Å²) in [7, 11) is 2.09. The van der Waals surface area contributed by atoms with E-state index in [-0.39, 0.29) is 12.1 Å². The van der Waals surface area contributed by atoms with Crippen molar-refractivity contribution in [1.82, 2.24) is 29.5 Å². The fraction of sp³-hybridized carbons (Fsp3) is 0.333. The van der Waals surface area contributed by atoms with Crippen molar-refractivity contribution in [3.8, 4) is 17.3 Å². The van der Waals surface area contributed by atoms with Gasteiger partial charge in [0.05, 0.1) is 23.5 Å². The van der Waals surface area contributed by atoms with E-state index in [2.05, 4.69) is 37.3 Å². The van der Waals surface area contributed by atoms with E-state index in [1.54, 1.807) is 36.0 Å². The lowest BCUT2D eigenvalue weighted by molar-refractivity contribution is 0.105. The quantitative estimate of drug-likeness (QED) is 0.459. The number of likely N-dealkylation sites (tertiary alicyclic amines) is 1. The van der Waals surface area contributed by atoms with Crippen LogP contribution in [-0.4, -0.2) is 55.7 Å². The largest absolute Gasteiger partial charge is 0.460 e. The Balaban J connectivity index is 1.49. The van der Waals surface area contributed by atoms with Gasteiger partial charge in [0.15, 0.2) is 5.65 Å². The predicted molar refractivity (Wildman–Crippen MR) is 124 cm³/mol. The van der Waals surface area contributed by atoms with Crippen molar-refractivity contribution in [2.75, 3.05) is 25.5 Å². The summed E-state index contributed by atoms with van der Waals surface area (Å²) in [5, 5.41) is 7.55. The highest BCUT2D eigenvalue weighted by Gasteiger charge is 2.21. The minimum Gasteiger partial charge on any atom is -0.460 e. The third-order valence-electron chi connectivity index (χ3n) is 5.99. The normalized spacial score (nSPS) is 16.0.